The van der Waals surface area contributed by atoms with Crippen molar-refractivity contribution in [3.63, 3.8) is 0 Å². The van der Waals surface area contributed by atoms with Crippen molar-refractivity contribution in [2.75, 3.05) is 12.8 Å². The zero-order valence-corrected chi connectivity index (χ0v) is 8.97. The van der Waals surface area contributed by atoms with E-state index in [0.717, 1.165) is 16.9 Å². The number of benzene rings is 2. The number of ether oxygens (including phenoxy) is 1. The van der Waals surface area contributed by atoms with Gasteiger partial charge in [-0.15, -0.1) is 0 Å². The third-order valence-corrected chi connectivity index (χ3v) is 2.43. The lowest BCUT2D eigenvalue weighted by molar-refractivity contribution is 0.416. The molecule has 0 aliphatic heterocycles. The van der Waals surface area contributed by atoms with E-state index in [9.17, 15) is 5.11 Å². The maximum atomic E-state index is 9.30. The molecular formula is C13H13NO2. The summed E-state index contributed by atoms with van der Waals surface area (Å²) in [7, 11) is 1.62. The molecular weight excluding hydrogens is 202 g/mol. The maximum absolute atomic E-state index is 9.30. The van der Waals surface area contributed by atoms with Crippen LogP contribution in [0.2, 0.25) is 0 Å². The average Bonchev–Trinajstić information content (AvgIpc) is 2.29. The second-order valence-corrected chi connectivity index (χ2v) is 3.47. The van der Waals surface area contributed by atoms with E-state index in [-0.39, 0.29) is 5.75 Å². The number of nitrogen functional groups attached to an aromatic ring is 1. The molecule has 0 heterocycles. The first-order chi connectivity index (χ1) is 7.72. The summed E-state index contributed by atoms with van der Waals surface area (Å²) in [6.07, 6.45) is 0. The van der Waals surface area contributed by atoms with Gasteiger partial charge in [-0.05, 0) is 18.2 Å². The van der Waals surface area contributed by atoms with Crippen LogP contribution >= 0.6 is 0 Å². The number of hydrogen-bond acceptors (Lipinski definition) is 3. The molecule has 0 spiro atoms. The smallest absolute Gasteiger partial charge is 0.126 e. The first-order valence-corrected chi connectivity index (χ1v) is 4.94. The number of anilines is 1. The Kier molecular flexibility index (Phi) is 2.68. The Labute approximate surface area is 94.1 Å². The van der Waals surface area contributed by atoms with Gasteiger partial charge in [0.15, 0.2) is 0 Å². The van der Waals surface area contributed by atoms with Gasteiger partial charge in [-0.3, -0.25) is 0 Å². The normalized spacial score (nSPS) is 10.1. The second kappa shape index (κ2) is 4.14. The minimum absolute atomic E-state index is 0.163. The Morgan fingerprint density at radius 1 is 1.06 bits per heavy atom. The molecule has 82 valence electrons. The van der Waals surface area contributed by atoms with E-state index in [0.29, 0.717) is 5.69 Å². The molecule has 2 rings (SSSR count). The van der Waals surface area contributed by atoms with Gasteiger partial charge in [-0.25, -0.2) is 0 Å². The largest absolute Gasteiger partial charge is 0.508 e. The molecule has 0 amide bonds. The highest BCUT2D eigenvalue weighted by Gasteiger charge is 2.08. The third-order valence-electron chi connectivity index (χ3n) is 2.43. The molecule has 0 bridgehead atoms. The van der Waals surface area contributed by atoms with E-state index >= 15 is 0 Å². The number of para-hydroxylation sites is 1. The topological polar surface area (TPSA) is 55.5 Å². The summed E-state index contributed by atoms with van der Waals surface area (Å²) in [5.41, 5.74) is 8.17. The molecule has 2 aromatic rings. The van der Waals surface area contributed by atoms with Crippen molar-refractivity contribution in [1.82, 2.24) is 0 Å². The summed E-state index contributed by atoms with van der Waals surface area (Å²) in [6, 6.07) is 12.6. The molecule has 0 fully saturated rings. The molecule has 0 atom stereocenters. The van der Waals surface area contributed by atoms with Crippen LogP contribution in [0.15, 0.2) is 42.5 Å². The molecule has 0 aromatic heterocycles. The summed E-state index contributed by atoms with van der Waals surface area (Å²) < 4.78 is 5.27. The molecule has 3 nitrogen and oxygen atoms in total. The zero-order chi connectivity index (χ0) is 11.5. The van der Waals surface area contributed by atoms with Crippen LogP contribution in [0, 0.1) is 0 Å². The van der Waals surface area contributed by atoms with E-state index in [1.807, 2.05) is 24.3 Å². The maximum Gasteiger partial charge on any atom is 0.126 e. The molecule has 16 heavy (non-hydrogen) atoms. The molecule has 0 saturated heterocycles. The first-order valence-electron chi connectivity index (χ1n) is 4.94. The van der Waals surface area contributed by atoms with Crippen LogP contribution in [-0.2, 0) is 0 Å². The molecule has 3 N–H and O–H groups in total. The van der Waals surface area contributed by atoms with E-state index in [1.165, 1.54) is 6.07 Å². The van der Waals surface area contributed by atoms with E-state index in [1.54, 1.807) is 19.2 Å². The van der Waals surface area contributed by atoms with E-state index < -0.39 is 0 Å². The van der Waals surface area contributed by atoms with Gasteiger partial charge in [0.1, 0.15) is 11.5 Å². The van der Waals surface area contributed by atoms with Crippen LogP contribution in [0.5, 0.6) is 11.5 Å². The fraction of sp³-hybridized carbons (Fsp3) is 0.0769. The van der Waals surface area contributed by atoms with Gasteiger partial charge in [0, 0.05) is 22.9 Å². The molecule has 0 aliphatic carbocycles. The highest BCUT2D eigenvalue weighted by Crippen LogP contribution is 2.34. The predicted octanol–water partition coefficient (Wildman–Crippen LogP) is 2.65. The van der Waals surface area contributed by atoms with Gasteiger partial charge in [-0.2, -0.15) is 0 Å². The number of phenols is 1. The highest BCUT2D eigenvalue weighted by molar-refractivity contribution is 5.81. The highest BCUT2D eigenvalue weighted by atomic mass is 16.5. The van der Waals surface area contributed by atoms with Gasteiger partial charge >= 0.3 is 0 Å². The summed E-state index contributed by atoms with van der Waals surface area (Å²) >= 11 is 0. The minimum Gasteiger partial charge on any atom is -0.508 e. The van der Waals surface area contributed by atoms with Crippen LogP contribution in [0.3, 0.4) is 0 Å². The number of aromatic hydroxyl groups is 1. The van der Waals surface area contributed by atoms with Crippen molar-refractivity contribution in [2.24, 2.45) is 0 Å². The Hall–Kier alpha value is -2.16. The van der Waals surface area contributed by atoms with Crippen LogP contribution in [-0.4, -0.2) is 12.2 Å². The average molecular weight is 215 g/mol. The quantitative estimate of drug-likeness (QED) is 0.757. The fourth-order valence-corrected chi connectivity index (χ4v) is 1.66. The summed E-state index contributed by atoms with van der Waals surface area (Å²) in [6.45, 7) is 0. The number of rotatable bonds is 2. The number of hydrogen-bond donors (Lipinski definition) is 2. The van der Waals surface area contributed by atoms with E-state index in [4.69, 9.17) is 10.5 Å². The summed E-state index contributed by atoms with van der Waals surface area (Å²) in [5, 5.41) is 9.30. The van der Waals surface area contributed by atoms with Crippen molar-refractivity contribution >= 4 is 5.69 Å². The van der Waals surface area contributed by atoms with Crippen LogP contribution in [0.4, 0.5) is 5.69 Å². The number of phenolic OH excluding ortho intramolecular Hbond substituents is 1. The number of nitrogens with two attached hydrogens (primary N) is 1. The van der Waals surface area contributed by atoms with Crippen molar-refractivity contribution in [3.8, 4) is 22.6 Å². The van der Waals surface area contributed by atoms with Crippen molar-refractivity contribution in [1.29, 1.82) is 0 Å². The van der Waals surface area contributed by atoms with Crippen molar-refractivity contribution in [3.05, 3.63) is 42.5 Å². The van der Waals surface area contributed by atoms with E-state index in [2.05, 4.69) is 0 Å². The summed E-state index contributed by atoms with van der Waals surface area (Å²) in [4.78, 5) is 0. The van der Waals surface area contributed by atoms with Gasteiger partial charge < -0.3 is 15.6 Å². The Bertz CT molecular complexity index is 509. The van der Waals surface area contributed by atoms with Crippen LogP contribution in [0.1, 0.15) is 0 Å². The molecule has 0 unspecified atom stereocenters. The second-order valence-electron chi connectivity index (χ2n) is 3.47. The Morgan fingerprint density at radius 2 is 1.81 bits per heavy atom. The van der Waals surface area contributed by atoms with Gasteiger partial charge in [0.05, 0.1) is 7.11 Å². The molecule has 3 heteroatoms. The van der Waals surface area contributed by atoms with Crippen molar-refractivity contribution < 1.29 is 9.84 Å². The van der Waals surface area contributed by atoms with Gasteiger partial charge in [0.2, 0.25) is 0 Å². The summed E-state index contributed by atoms with van der Waals surface area (Å²) in [5.74, 6) is 0.927. The zero-order valence-electron chi connectivity index (χ0n) is 8.97. The van der Waals surface area contributed by atoms with Crippen molar-refractivity contribution in [2.45, 2.75) is 0 Å². The fourth-order valence-electron chi connectivity index (χ4n) is 1.66. The molecule has 2 aromatic carbocycles. The molecule has 0 aliphatic rings. The first kappa shape index (κ1) is 10.4. The van der Waals surface area contributed by atoms with Crippen LogP contribution < -0.4 is 10.5 Å². The van der Waals surface area contributed by atoms with Gasteiger partial charge in [-0.1, -0.05) is 18.2 Å². The number of methoxy groups -OCH3 is 1. The molecule has 0 radical (unpaired) electrons. The third kappa shape index (κ3) is 1.80. The molecule has 0 saturated carbocycles. The lowest BCUT2D eigenvalue weighted by Crippen LogP contribution is -1.92. The van der Waals surface area contributed by atoms with Crippen LogP contribution in [0.25, 0.3) is 11.1 Å². The Balaban J connectivity index is 2.58. The minimum atomic E-state index is 0.163. The lowest BCUT2D eigenvalue weighted by Gasteiger charge is -2.10. The lowest BCUT2D eigenvalue weighted by atomic mass is 10.0. The predicted molar refractivity (Wildman–Crippen MR) is 64.5 cm³/mol. The van der Waals surface area contributed by atoms with Gasteiger partial charge in [0.25, 0.3) is 0 Å². The monoisotopic (exact) mass is 215 g/mol. The SMILES string of the molecule is COc1ccccc1-c1ccc(O)cc1N. The standard InChI is InChI=1S/C13H13NO2/c1-16-13-5-3-2-4-11(13)10-7-6-9(15)8-12(10)14/h2-8,15H,14H2,1H3. The Morgan fingerprint density at radius 3 is 2.50 bits per heavy atom.